The van der Waals surface area contributed by atoms with Crippen molar-refractivity contribution >= 4 is 33.6 Å². The predicted molar refractivity (Wildman–Crippen MR) is 75.0 cm³/mol. The molecule has 0 radical (unpaired) electrons. The number of rotatable bonds is 3. The van der Waals surface area contributed by atoms with Gasteiger partial charge in [0.15, 0.2) is 0 Å². The molecule has 0 spiro atoms. The van der Waals surface area contributed by atoms with Crippen LogP contribution in [0.2, 0.25) is 0 Å². The second-order valence-electron chi connectivity index (χ2n) is 5.13. The standard InChI is InChI=1S/C12H16BrN3O3/c1-12(2,3)9(10(17)18)16-11(19)15-8-4-7(13)5-14-6-8/h4-6,9H,1-3H3,(H,17,18)(H2,15,16,19). The Balaban J connectivity index is 2.71. The van der Waals surface area contributed by atoms with Gasteiger partial charge in [0.25, 0.3) is 0 Å². The highest BCUT2D eigenvalue weighted by molar-refractivity contribution is 9.10. The van der Waals surface area contributed by atoms with Crippen LogP contribution in [0.5, 0.6) is 0 Å². The highest BCUT2D eigenvalue weighted by Crippen LogP contribution is 2.20. The molecule has 0 saturated carbocycles. The molecule has 1 unspecified atom stereocenters. The number of hydrogen-bond acceptors (Lipinski definition) is 3. The number of amides is 2. The normalized spacial score (nSPS) is 12.6. The molecule has 0 aromatic carbocycles. The lowest BCUT2D eigenvalue weighted by Crippen LogP contribution is -2.50. The average molecular weight is 330 g/mol. The Morgan fingerprint density at radius 1 is 1.37 bits per heavy atom. The van der Waals surface area contributed by atoms with Crippen molar-refractivity contribution in [2.45, 2.75) is 26.8 Å². The Bertz CT molecular complexity index is 485. The third-order valence-electron chi connectivity index (χ3n) is 2.35. The number of nitrogens with zero attached hydrogens (tertiary/aromatic N) is 1. The maximum absolute atomic E-state index is 11.8. The van der Waals surface area contributed by atoms with Crippen molar-refractivity contribution < 1.29 is 14.7 Å². The largest absolute Gasteiger partial charge is 0.480 e. The number of carboxylic acid groups (broad SMARTS) is 1. The van der Waals surface area contributed by atoms with Crippen molar-refractivity contribution in [2.24, 2.45) is 5.41 Å². The summed E-state index contributed by atoms with van der Waals surface area (Å²) in [5.41, 5.74) is -0.108. The second kappa shape index (κ2) is 6.01. The molecule has 19 heavy (non-hydrogen) atoms. The third kappa shape index (κ3) is 4.86. The molecule has 0 aliphatic carbocycles. The Morgan fingerprint density at radius 3 is 2.47 bits per heavy atom. The SMILES string of the molecule is CC(C)(C)C(NC(=O)Nc1cncc(Br)c1)C(=O)O. The number of carboxylic acids is 1. The summed E-state index contributed by atoms with van der Waals surface area (Å²) in [5.74, 6) is -1.07. The Labute approximate surface area is 119 Å². The van der Waals surface area contributed by atoms with E-state index in [1.165, 1.54) is 6.20 Å². The summed E-state index contributed by atoms with van der Waals surface area (Å²) >= 11 is 3.23. The predicted octanol–water partition coefficient (Wildman–Crippen LogP) is 2.46. The number of carbonyl (C=O) groups is 2. The molecule has 0 aliphatic heterocycles. The number of urea groups is 1. The molecule has 0 saturated heterocycles. The quantitative estimate of drug-likeness (QED) is 0.794. The fraction of sp³-hybridized carbons (Fsp3) is 0.417. The van der Waals surface area contributed by atoms with Gasteiger partial charge in [0.1, 0.15) is 6.04 Å². The zero-order valence-electron chi connectivity index (χ0n) is 10.9. The molecule has 1 aromatic rings. The molecule has 7 heteroatoms. The van der Waals surface area contributed by atoms with Gasteiger partial charge in [-0.1, -0.05) is 20.8 Å². The van der Waals surface area contributed by atoms with Gasteiger partial charge in [-0.15, -0.1) is 0 Å². The van der Waals surface area contributed by atoms with Crippen molar-refractivity contribution in [2.75, 3.05) is 5.32 Å². The van der Waals surface area contributed by atoms with Crippen LogP contribution in [-0.4, -0.2) is 28.1 Å². The summed E-state index contributed by atoms with van der Waals surface area (Å²) in [4.78, 5) is 26.8. The van der Waals surface area contributed by atoms with Gasteiger partial charge in [0, 0.05) is 10.7 Å². The summed E-state index contributed by atoms with van der Waals surface area (Å²) < 4.78 is 0.718. The number of nitrogens with one attached hydrogen (secondary N) is 2. The first kappa shape index (κ1) is 15.4. The van der Waals surface area contributed by atoms with Crippen LogP contribution in [0.4, 0.5) is 10.5 Å². The number of aromatic nitrogens is 1. The zero-order chi connectivity index (χ0) is 14.6. The van der Waals surface area contributed by atoms with E-state index in [0.717, 1.165) is 4.47 Å². The minimum atomic E-state index is -1.07. The highest BCUT2D eigenvalue weighted by atomic mass is 79.9. The van der Waals surface area contributed by atoms with Crippen molar-refractivity contribution in [3.05, 3.63) is 22.9 Å². The maximum atomic E-state index is 11.8. The van der Waals surface area contributed by atoms with Gasteiger partial charge in [-0.25, -0.2) is 9.59 Å². The molecule has 3 N–H and O–H groups in total. The van der Waals surface area contributed by atoms with Gasteiger partial charge in [-0.3, -0.25) is 4.98 Å². The summed E-state index contributed by atoms with van der Waals surface area (Å²) in [6.07, 6.45) is 3.05. The molecule has 0 fully saturated rings. The van der Waals surface area contributed by atoms with Crippen molar-refractivity contribution in [3.63, 3.8) is 0 Å². The lowest BCUT2D eigenvalue weighted by Gasteiger charge is -2.27. The maximum Gasteiger partial charge on any atom is 0.326 e. The van der Waals surface area contributed by atoms with Crippen LogP contribution >= 0.6 is 15.9 Å². The summed E-state index contributed by atoms with van der Waals surface area (Å²) in [6, 6.07) is 0.106. The molecule has 2 amide bonds. The van der Waals surface area contributed by atoms with Crippen LogP contribution in [0.3, 0.4) is 0 Å². The topological polar surface area (TPSA) is 91.3 Å². The van der Waals surface area contributed by atoms with Gasteiger partial charge < -0.3 is 15.7 Å². The van der Waals surface area contributed by atoms with Crippen LogP contribution in [0.15, 0.2) is 22.9 Å². The molecule has 6 nitrogen and oxygen atoms in total. The first-order chi connectivity index (χ1) is 8.70. The van der Waals surface area contributed by atoms with Gasteiger partial charge in [0.2, 0.25) is 0 Å². The summed E-state index contributed by atoms with van der Waals surface area (Å²) in [6.45, 7) is 5.23. The Kier molecular flexibility index (Phi) is 4.88. The highest BCUT2D eigenvalue weighted by Gasteiger charge is 2.32. The smallest absolute Gasteiger partial charge is 0.326 e. The monoisotopic (exact) mass is 329 g/mol. The van der Waals surface area contributed by atoms with Crippen LogP contribution in [0.25, 0.3) is 0 Å². The minimum Gasteiger partial charge on any atom is -0.480 e. The van der Waals surface area contributed by atoms with Crippen molar-refractivity contribution in [1.82, 2.24) is 10.3 Å². The van der Waals surface area contributed by atoms with E-state index in [1.807, 2.05) is 0 Å². The number of hydrogen-bond donors (Lipinski definition) is 3. The van der Waals surface area contributed by atoms with E-state index in [2.05, 4.69) is 31.5 Å². The lowest BCUT2D eigenvalue weighted by molar-refractivity contribution is -0.141. The third-order valence-corrected chi connectivity index (χ3v) is 2.78. The van der Waals surface area contributed by atoms with E-state index in [9.17, 15) is 9.59 Å². The number of pyridine rings is 1. The molecule has 1 heterocycles. The fourth-order valence-electron chi connectivity index (χ4n) is 1.43. The number of carbonyl (C=O) groups excluding carboxylic acids is 1. The number of anilines is 1. The molecule has 1 aromatic heterocycles. The second-order valence-corrected chi connectivity index (χ2v) is 6.04. The average Bonchev–Trinajstić information content (AvgIpc) is 2.24. The van der Waals surface area contributed by atoms with E-state index in [0.29, 0.717) is 5.69 Å². The minimum absolute atomic E-state index is 0.477. The molecular formula is C12H16BrN3O3. The van der Waals surface area contributed by atoms with E-state index >= 15 is 0 Å². The van der Waals surface area contributed by atoms with Gasteiger partial charge in [0.05, 0.1) is 11.9 Å². The first-order valence-electron chi connectivity index (χ1n) is 5.61. The van der Waals surface area contributed by atoms with Crippen molar-refractivity contribution in [3.8, 4) is 0 Å². The first-order valence-corrected chi connectivity index (χ1v) is 6.40. The van der Waals surface area contributed by atoms with Gasteiger partial charge in [-0.2, -0.15) is 0 Å². The number of halogens is 1. The van der Waals surface area contributed by atoms with Crippen LogP contribution in [-0.2, 0) is 4.79 Å². The lowest BCUT2D eigenvalue weighted by atomic mass is 9.87. The van der Waals surface area contributed by atoms with E-state index in [1.54, 1.807) is 33.0 Å². The van der Waals surface area contributed by atoms with Gasteiger partial charge >= 0.3 is 12.0 Å². The van der Waals surface area contributed by atoms with E-state index in [-0.39, 0.29) is 0 Å². The molecular weight excluding hydrogens is 314 g/mol. The van der Waals surface area contributed by atoms with E-state index < -0.39 is 23.5 Å². The van der Waals surface area contributed by atoms with Crippen LogP contribution in [0, 0.1) is 5.41 Å². The molecule has 0 bridgehead atoms. The fourth-order valence-corrected chi connectivity index (χ4v) is 1.79. The molecule has 0 aliphatic rings. The van der Waals surface area contributed by atoms with Crippen molar-refractivity contribution in [1.29, 1.82) is 0 Å². The molecule has 104 valence electrons. The molecule has 1 atom stereocenters. The summed E-state index contributed by atoms with van der Waals surface area (Å²) in [5, 5.41) is 14.1. The van der Waals surface area contributed by atoms with Crippen LogP contribution < -0.4 is 10.6 Å². The summed E-state index contributed by atoms with van der Waals surface area (Å²) in [7, 11) is 0. The molecule has 1 rings (SSSR count). The Hall–Kier alpha value is -1.63. The van der Waals surface area contributed by atoms with Gasteiger partial charge in [-0.05, 0) is 27.4 Å². The van der Waals surface area contributed by atoms with Crippen LogP contribution in [0.1, 0.15) is 20.8 Å². The van der Waals surface area contributed by atoms with E-state index in [4.69, 9.17) is 5.11 Å². The Morgan fingerprint density at radius 2 is 2.00 bits per heavy atom. The zero-order valence-corrected chi connectivity index (χ0v) is 12.5. The number of aliphatic carboxylic acids is 1.